The highest BCUT2D eigenvalue weighted by Crippen LogP contribution is 2.35. The van der Waals surface area contributed by atoms with Crippen LogP contribution in [0.15, 0.2) is 255 Å². The molecule has 3 aromatic heterocycles. The van der Waals surface area contributed by atoms with Crippen LogP contribution in [0.2, 0.25) is 0 Å². The summed E-state index contributed by atoms with van der Waals surface area (Å²) in [7, 11) is -3.19. The average Bonchev–Trinajstić information content (AvgIpc) is 3.97. The van der Waals surface area contributed by atoms with Crippen molar-refractivity contribution < 1.29 is 0 Å². The normalized spacial score (nSPS) is 11.6. The van der Waals surface area contributed by atoms with Gasteiger partial charge in [-0.15, -0.1) is 0 Å². The molecule has 0 aliphatic heterocycles. The van der Waals surface area contributed by atoms with Gasteiger partial charge in [-0.2, -0.15) is 20.2 Å². The predicted octanol–water partition coefficient (Wildman–Crippen LogP) is 12.3. The first-order valence-corrected chi connectivity index (χ1v) is 25.8. The minimum absolute atomic E-state index is 0.478. The first kappa shape index (κ1) is 41.7. The van der Waals surface area contributed by atoms with Crippen LogP contribution >= 0.6 is 0 Å². The number of nitrogens with zero attached hydrogens (tertiary/aromatic N) is 6. The molecule has 0 N–H and O–H groups in total. The fourth-order valence-electron chi connectivity index (χ4n) is 10.8. The SMILES string of the molecule is N#Cc1ccc2c(c1)c1ccccc1n2-c1nc(-c2cccc([Si](c3ccccc3)(c3cccc(-c4ccccc4)c3)c3cccc(-c4ccccc4)c3)c2)nc(-n2c3ccccc3c3ccccc32)n1. The van der Waals surface area contributed by atoms with E-state index in [1.54, 1.807) is 0 Å². The molecule has 332 valence electrons. The maximum atomic E-state index is 10.0. The van der Waals surface area contributed by atoms with E-state index in [9.17, 15) is 5.26 Å². The molecule has 6 nitrogen and oxygen atoms in total. The summed E-state index contributed by atoms with van der Waals surface area (Å²) in [4.78, 5) is 16.4. The van der Waals surface area contributed by atoms with Crippen LogP contribution in [0.25, 0.3) is 89.2 Å². The zero-order valence-corrected chi connectivity index (χ0v) is 39.4. The fourth-order valence-corrected chi connectivity index (χ4v) is 15.6. The summed E-state index contributed by atoms with van der Waals surface area (Å²) in [5.74, 6) is 1.52. The summed E-state index contributed by atoms with van der Waals surface area (Å²) in [5, 5.41) is 19.2. The van der Waals surface area contributed by atoms with Gasteiger partial charge >= 0.3 is 0 Å². The average molecular weight is 923 g/mol. The molecule has 3 heterocycles. The van der Waals surface area contributed by atoms with Gasteiger partial charge in [0, 0.05) is 27.1 Å². The lowest BCUT2D eigenvalue weighted by molar-refractivity contribution is 0.893. The fraction of sp³-hybridized carbons (Fsp3) is 0. The Labute approximate surface area is 411 Å². The number of nitriles is 1. The molecule has 7 heteroatoms. The maximum Gasteiger partial charge on any atom is 0.240 e. The van der Waals surface area contributed by atoms with Crippen LogP contribution < -0.4 is 20.7 Å². The molecule has 13 aromatic rings. The molecule has 0 atom stereocenters. The number of para-hydroxylation sites is 3. The summed E-state index contributed by atoms with van der Waals surface area (Å²) in [6.07, 6.45) is 0. The van der Waals surface area contributed by atoms with E-state index in [1.807, 2.05) is 30.3 Å². The number of benzene rings is 10. The lowest BCUT2D eigenvalue weighted by Gasteiger charge is -2.35. The zero-order valence-electron chi connectivity index (χ0n) is 38.4. The van der Waals surface area contributed by atoms with Crippen molar-refractivity contribution >= 4 is 72.4 Å². The Kier molecular flexibility index (Phi) is 10.1. The second-order valence-electron chi connectivity index (χ2n) is 17.9. The van der Waals surface area contributed by atoms with Crippen LogP contribution in [0.4, 0.5) is 0 Å². The summed E-state index contributed by atoms with van der Waals surface area (Å²) in [6, 6.07) is 93.0. The smallest absolute Gasteiger partial charge is 0.240 e. The van der Waals surface area contributed by atoms with Crippen LogP contribution in [-0.2, 0) is 0 Å². The van der Waals surface area contributed by atoms with E-state index in [-0.39, 0.29) is 0 Å². The minimum atomic E-state index is -3.19. The van der Waals surface area contributed by atoms with E-state index in [1.165, 1.54) is 31.9 Å². The van der Waals surface area contributed by atoms with Crippen LogP contribution in [-0.4, -0.2) is 32.2 Å². The summed E-state index contributed by atoms with van der Waals surface area (Å²) in [6.45, 7) is 0. The molecule has 0 bridgehead atoms. The number of fused-ring (bicyclic) bond motifs is 6. The molecule has 0 unspecified atom stereocenters. The minimum Gasteiger partial charge on any atom is -0.278 e. The molecule has 0 fully saturated rings. The van der Waals surface area contributed by atoms with E-state index < -0.39 is 8.07 Å². The van der Waals surface area contributed by atoms with Crippen molar-refractivity contribution in [2.75, 3.05) is 0 Å². The zero-order chi connectivity index (χ0) is 47.3. The van der Waals surface area contributed by atoms with Crippen LogP contribution in [0.3, 0.4) is 0 Å². The Morgan fingerprint density at radius 1 is 0.310 bits per heavy atom. The molecule has 13 rings (SSSR count). The third-order valence-corrected chi connectivity index (χ3v) is 18.7. The van der Waals surface area contributed by atoms with Gasteiger partial charge in [0.25, 0.3) is 0 Å². The van der Waals surface area contributed by atoms with E-state index in [4.69, 9.17) is 15.0 Å². The van der Waals surface area contributed by atoms with Crippen molar-refractivity contribution in [1.29, 1.82) is 5.26 Å². The van der Waals surface area contributed by atoms with E-state index in [0.29, 0.717) is 23.3 Å². The number of hydrogen-bond acceptors (Lipinski definition) is 4. The molecule has 0 spiro atoms. The van der Waals surface area contributed by atoms with E-state index >= 15 is 0 Å². The van der Waals surface area contributed by atoms with Crippen LogP contribution in [0.5, 0.6) is 0 Å². The van der Waals surface area contributed by atoms with E-state index in [0.717, 1.165) is 60.3 Å². The van der Waals surface area contributed by atoms with Crippen molar-refractivity contribution in [2.24, 2.45) is 0 Å². The lowest BCUT2D eigenvalue weighted by atomic mass is 10.1. The molecule has 0 aliphatic carbocycles. The van der Waals surface area contributed by atoms with Gasteiger partial charge in [-0.3, -0.25) is 9.13 Å². The lowest BCUT2D eigenvalue weighted by Crippen LogP contribution is -2.74. The van der Waals surface area contributed by atoms with Gasteiger partial charge in [0.2, 0.25) is 11.9 Å². The Hall–Kier alpha value is -9.48. The van der Waals surface area contributed by atoms with Gasteiger partial charge < -0.3 is 0 Å². The number of hydrogen-bond donors (Lipinski definition) is 0. The Morgan fingerprint density at radius 3 is 1.18 bits per heavy atom. The van der Waals surface area contributed by atoms with Crippen molar-refractivity contribution in [3.63, 3.8) is 0 Å². The highest BCUT2D eigenvalue weighted by Gasteiger charge is 2.42. The summed E-state index contributed by atoms with van der Waals surface area (Å²) < 4.78 is 4.28. The molecule has 0 radical (unpaired) electrons. The van der Waals surface area contributed by atoms with Crippen molar-refractivity contribution in [2.45, 2.75) is 0 Å². The first-order valence-electron chi connectivity index (χ1n) is 23.8. The van der Waals surface area contributed by atoms with Gasteiger partial charge in [-0.05, 0) is 79.4 Å². The molecule has 0 aliphatic rings. The molecule has 0 saturated carbocycles. The Morgan fingerprint density at radius 2 is 0.690 bits per heavy atom. The number of rotatable bonds is 9. The van der Waals surface area contributed by atoms with Gasteiger partial charge in [-0.1, -0.05) is 218 Å². The topological polar surface area (TPSA) is 72.3 Å². The predicted molar refractivity (Wildman–Crippen MR) is 293 cm³/mol. The second kappa shape index (κ2) is 17.2. The van der Waals surface area contributed by atoms with Crippen molar-refractivity contribution in [3.05, 3.63) is 260 Å². The third-order valence-electron chi connectivity index (χ3n) is 14.0. The van der Waals surface area contributed by atoms with Gasteiger partial charge in [0.1, 0.15) is 0 Å². The molecule has 0 amide bonds. The Bertz CT molecular complexity index is 4060. The third kappa shape index (κ3) is 6.96. The van der Waals surface area contributed by atoms with Gasteiger partial charge in [-0.25, -0.2) is 0 Å². The standard InChI is InChI=1S/C64H42N6Si/c65-43-44-37-38-61-57(39-44)56-33-12-15-36-60(56)70(61)64-67-62(66-63(68-64)69-58-34-13-10-31-54(58)55-32-11-14-35-59(55)69)49-25-18-30-53(42-49)71(50-26-8-3-9-27-50,51-28-16-23-47(40-51)45-19-4-1-5-20-45)52-29-17-24-48(41-52)46-21-6-2-7-22-46/h1-42H. The second-order valence-corrected chi connectivity index (χ2v) is 21.7. The summed E-state index contributed by atoms with van der Waals surface area (Å²) in [5.41, 5.74) is 9.95. The maximum absolute atomic E-state index is 10.0. The largest absolute Gasteiger partial charge is 0.278 e. The van der Waals surface area contributed by atoms with Gasteiger partial charge in [0.15, 0.2) is 13.9 Å². The molecule has 71 heavy (non-hydrogen) atoms. The molecule has 10 aromatic carbocycles. The van der Waals surface area contributed by atoms with Crippen LogP contribution in [0, 0.1) is 11.3 Å². The monoisotopic (exact) mass is 922 g/mol. The van der Waals surface area contributed by atoms with Crippen molar-refractivity contribution in [1.82, 2.24) is 24.1 Å². The molecular weight excluding hydrogens is 881 g/mol. The molecular formula is C64H42N6Si. The van der Waals surface area contributed by atoms with E-state index in [2.05, 4.69) is 240 Å². The highest BCUT2D eigenvalue weighted by atomic mass is 28.3. The number of aromatic nitrogens is 5. The quantitative estimate of drug-likeness (QED) is 0.107. The first-order chi connectivity index (χ1) is 35.2. The van der Waals surface area contributed by atoms with Gasteiger partial charge in [0.05, 0.1) is 33.7 Å². The molecule has 0 saturated heterocycles. The Balaban J connectivity index is 1.11. The summed E-state index contributed by atoms with van der Waals surface area (Å²) >= 11 is 0. The van der Waals surface area contributed by atoms with Crippen molar-refractivity contribution in [3.8, 4) is 51.6 Å². The highest BCUT2D eigenvalue weighted by molar-refractivity contribution is 7.20. The van der Waals surface area contributed by atoms with Crippen LogP contribution in [0.1, 0.15) is 5.56 Å².